The topological polar surface area (TPSA) is 62.7 Å². The van der Waals surface area contributed by atoms with Crippen LogP contribution in [0.2, 0.25) is 0 Å². The van der Waals surface area contributed by atoms with E-state index >= 15 is 0 Å². The molecule has 3 aromatic rings. The third-order valence-electron chi connectivity index (χ3n) is 4.70. The first-order valence-electron chi connectivity index (χ1n) is 8.95. The number of benzene rings is 2. The van der Waals surface area contributed by atoms with Crippen molar-refractivity contribution in [1.82, 2.24) is 4.98 Å². The number of rotatable bonds is 4. The zero-order valence-electron chi connectivity index (χ0n) is 15.1. The number of hydrogen-bond acceptors (Lipinski definition) is 4. The first kappa shape index (κ1) is 17.2. The molecular weight excluding hydrogens is 340 g/mol. The number of likely N-dealkylation sites (N-methyl/N-ethyl adjacent to an activating group) is 1. The molecule has 1 aliphatic heterocycles. The van der Waals surface area contributed by atoms with E-state index in [-0.39, 0.29) is 19.1 Å². The van der Waals surface area contributed by atoms with Crippen LogP contribution in [-0.4, -0.2) is 29.1 Å². The Bertz CT molecular complexity index is 969. The fourth-order valence-electron chi connectivity index (χ4n) is 3.30. The molecule has 27 heavy (non-hydrogen) atoms. The third-order valence-corrected chi connectivity index (χ3v) is 4.70. The minimum atomic E-state index is -0.0640. The molecule has 0 bridgehead atoms. The SMILES string of the molecule is CCN1C(=O)COc2nc(-c3ccc(CO)cc3)c(-c3ccccc3)cc21. The van der Waals surface area contributed by atoms with E-state index in [0.29, 0.717) is 18.1 Å². The highest BCUT2D eigenvalue weighted by atomic mass is 16.5. The average Bonchev–Trinajstić information content (AvgIpc) is 2.73. The summed E-state index contributed by atoms with van der Waals surface area (Å²) in [4.78, 5) is 18.7. The maximum Gasteiger partial charge on any atom is 0.265 e. The van der Waals surface area contributed by atoms with Crippen molar-refractivity contribution in [2.45, 2.75) is 13.5 Å². The smallest absolute Gasteiger partial charge is 0.265 e. The molecule has 5 heteroatoms. The van der Waals surface area contributed by atoms with E-state index in [1.54, 1.807) is 4.90 Å². The lowest BCUT2D eigenvalue weighted by Crippen LogP contribution is -2.39. The zero-order chi connectivity index (χ0) is 18.8. The molecule has 0 fully saturated rings. The fourth-order valence-corrected chi connectivity index (χ4v) is 3.30. The van der Waals surface area contributed by atoms with Crippen molar-refractivity contribution in [1.29, 1.82) is 0 Å². The molecule has 0 spiro atoms. The summed E-state index contributed by atoms with van der Waals surface area (Å²) < 4.78 is 5.62. The maximum atomic E-state index is 12.2. The van der Waals surface area contributed by atoms with Gasteiger partial charge >= 0.3 is 0 Å². The predicted molar refractivity (Wildman–Crippen MR) is 105 cm³/mol. The van der Waals surface area contributed by atoms with Gasteiger partial charge in [-0.1, -0.05) is 54.6 Å². The number of hydrogen-bond donors (Lipinski definition) is 1. The van der Waals surface area contributed by atoms with Crippen molar-refractivity contribution in [3.05, 3.63) is 66.2 Å². The van der Waals surface area contributed by atoms with Crippen molar-refractivity contribution in [3.63, 3.8) is 0 Å². The van der Waals surface area contributed by atoms with Gasteiger partial charge < -0.3 is 14.7 Å². The number of carbonyl (C=O) groups excluding carboxylic acids is 1. The molecule has 0 aliphatic carbocycles. The molecule has 0 unspecified atom stereocenters. The van der Waals surface area contributed by atoms with Crippen LogP contribution in [0.25, 0.3) is 22.4 Å². The van der Waals surface area contributed by atoms with E-state index in [4.69, 9.17) is 9.72 Å². The van der Waals surface area contributed by atoms with Gasteiger partial charge in [-0.3, -0.25) is 4.79 Å². The molecule has 2 heterocycles. The molecule has 0 radical (unpaired) electrons. The van der Waals surface area contributed by atoms with Crippen LogP contribution >= 0.6 is 0 Å². The van der Waals surface area contributed by atoms with Gasteiger partial charge in [0.15, 0.2) is 6.61 Å². The summed E-state index contributed by atoms with van der Waals surface area (Å²) in [7, 11) is 0. The van der Waals surface area contributed by atoms with E-state index in [1.165, 1.54) is 0 Å². The van der Waals surface area contributed by atoms with Crippen molar-refractivity contribution in [3.8, 4) is 28.3 Å². The Kier molecular flexibility index (Phi) is 4.60. The summed E-state index contributed by atoms with van der Waals surface area (Å²) in [5.41, 5.74) is 5.21. The van der Waals surface area contributed by atoms with Crippen LogP contribution in [0.15, 0.2) is 60.7 Å². The second-order valence-electron chi connectivity index (χ2n) is 6.36. The van der Waals surface area contributed by atoms with Gasteiger partial charge in [0, 0.05) is 17.7 Å². The van der Waals surface area contributed by atoms with Crippen molar-refractivity contribution >= 4 is 11.6 Å². The number of anilines is 1. The van der Waals surface area contributed by atoms with E-state index in [1.807, 2.05) is 67.6 Å². The fraction of sp³-hybridized carbons (Fsp3) is 0.182. The standard InChI is InChI=1S/C22H20N2O3/c1-2-24-19-12-18(16-6-4-3-5-7-16)21(23-22(19)27-14-20(24)26)17-10-8-15(13-25)9-11-17/h3-12,25H,2,13-14H2,1H3. The monoisotopic (exact) mass is 360 g/mol. The van der Waals surface area contributed by atoms with Crippen LogP contribution in [0.5, 0.6) is 5.88 Å². The van der Waals surface area contributed by atoms with E-state index < -0.39 is 0 Å². The number of amides is 1. The predicted octanol–water partition coefficient (Wildman–Crippen LogP) is 3.65. The quantitative estimate of drug-likeness (QED) is 0.771. The lowest BCUT2D eigenvalue weighted by molar-refractivity contribution is -0.121. The number of fused-ring (bicyclic) bond motifs is 1. The summed E-state index contributed by atoms with van der Waals surface area (Å²) in [6.07, 6.45) is 0. The molecule has 4 rings (SSSR count). The minimum absolute atomic E-state index is 0.000121. The highest BCUT2D eigenvalue weighted by Gasteiger charge is 2.27. The Morgan fingerprint density at radius 2 is 1.81 bits per heavy atom. The highest BCUT2D eigenvalue weighted by Crippen LogP contribution is 2.40. The highest BCUT2D eigenvalue weighted by molar-refractivity contribution is 5.99. The van der Waals surface area contributed by atoms with Gasteiger partial charge in [-0.15, -0.1) is 0 Å². The number of carbonyl (C=O) groups is 1. The normalized spacial score (nSPS) is 13.3. The molecule has 136 valence electrons. The number of ether oxygens (including phenoxy) is 1. The summed E-state index contributed by atoms with van der Waals surface area (Å²) >= 11 is 0. The molecule has 0 saturated carbocycles. The van der Waals surface area contributed by atoms with Crippen LogP contribution in [-0.2, 0) is 11.4 Å². The average molecular weight is 360 g/mol. The van der Waals surface area contributed by atoms with Crippen LogP contribution in [0.3, 0.4) is 0 Å². The van der Waals surface area contributed by atoms with E-state index in [0.717, 1.165) is 27.9 Å². The van der Waals surface area contributed by atoms with Crippen LogP contribution in [0.4, 0.5) is 5.69 Å². The molecule has 1 aliphatic rings. The molecule has 5 nitrogen and oxygen atoms in total. The Labute approximate surface area is 157 Å². The summed E-state index contributed by atoms with van der Waals surface area (Å²) in [5, 5.41) is 9.30. The molecule has 0 saturated heterocycles. The third kappa shape index (κ3) is 3.17. The number of aliphatic hydroxyl groups excluding tert-OH is 1. The Balaban J connectivity index is 1.93. The molecule has 0 atom stereocenters. The largest absolute Gasteiger partial charge is 0.466 e. The van der Waals surface area contributed by atoms with Crippen LogP contribution in [0.1, 0.15) is 12.5 Å². The van der Waals surface area contributed by atoms with E-state index in [9.17, 15) is 9.90 Å². The Morgan fingerprint density at radius 3 is 2.48 bits per heavy atom. The summed E-state index contributed by atoms with van der Waals surface area (Å²) in [5.74, 6) is 0.406. The van der Waals surface area contributed by atoms with Crippen molar-refractivity contribution in [2.24, 2.45) is 0 Å². The lowest BCUT2D eigenvalue weighted by Gasteiger charge is -2.28. The van der Waals surface area contributed by atoms with Gasteiger partial charge in [0.2, 0.25) is 5.88 Å². The van der Waals surface area contributed by atoms with Crippen LogP contribution in [0, 0.1) is 0 Å². The van der Waals surface area contributed by atoms with Crippen LogP contribution < -0.4 is 9.64 Å². The lowest BCUT2D eigenvalue weighted by atomic mass is 9.97. The van der Waals surface area contributed by atoms with Gasteiger partial charge in [-0.2, -0.15) is 0 Å². The number of aliphatic hydroxyl groups is 1. The number of pyridine rings is 1. The van der Waals surface area contributed by atoms with Gasteiger partial charge in [-0.25, -0.2) is 4.98 Å². The minimum Gasteiger partial charge on any atom is -0.466 e. The molecular formula is C22H20N2O3. The van der Waals surface area contributed by atoms with Gasteiger partial charge in [0.1, 0.15) is 5.69 Å². The zero-order valence-corrected chi connectivity index (χ0v) is 15.1. The van der Waals surface area contributed by atoms with E-state index in [2.05, 4.69) is 0 Å². The Hall–Kier alpha value is -3.18. The first-order chi connectivity index (χ1) is 13.2. The Morgan fingerprint density at radius 1 is 1.07 bits per heavy atom. The number of aromatic nitrogens is 1. The number of nitrogens with zero attached hydrogens (tertiary/aromatic N) is 2. The molecule has 2 aromatic carbocycles. The summed E-state index contributed by atoms with van der Waals surface area (Å²) in [6, 6.07) is 19.6. The van der Waals surface area contributed by atoms with Gasteiger partial charge in [-0.05, 0) is 24.1 Å². The molecule has 1 aromatic heterocycles. The second kappa shape index (κ2) is 7.21. The van der Waals surface area contributed by atoms with Crippen molar-refractivity contribution in [2.75, 3.05) is 18.1 Å². The van der Waals surface area contributed by atoms with Crippen molar-refractivity contribution < 1.29 is 14.6 Å². The van der Waals surface area contributed by atoms with Gasteiger partial charge in [0.05, 0.1) is 12.3 Å². The molecule has 1 N–H and O–H groups in total. The second-order valence-corrected chi connectivity index (χ2v) is 6.36. The summed E-state index contributed by atoms with van der Waals surface area (Å²) in [6.45, 7) is 2.51. The maximum absolute atomic E-state index is 12.2. The first-order valence-corrected chi connectivity index (χ1v) is 8.95. The molecule has 1 amide bonds. The van der Waals surface area contributed by atoms with Gasteiger partial charge in [0.25, 0.3) is 5.91 Å².